The summed E-state index contributed by atoms with van der Waals surface area (Å²) in [6, 6.07) is 3.91. The van der Waals surface area contributed by atoms with Crippen LogP contribution in [-0.2, 0) is 35.2 Å². The fourth-order valence-electron chi connectivity index (χ4n) is 5.20. The molecule has 0 bridgehead atoms. The van der Waals surface area contributed by atoms with Crippen molar-refractivity contribution in [2.45, 2.75) is 123 Å². The van der Waals surface area contributed by atoms with E-state index in [1.54, 1.807) is 0 Å². The molecule has 12 nitrogen and oxygen atoms in total. The fourth-order valence-corrected chi connectivity index (χ4v) is 5.20. The monoisotopic (exact) mass is 642 g/mol. The van der Waals surface area contributed by atoms with Gasteiger partial charge in [-0.3, -0.25) is 28.8 Å². The molecule has 1 saturated heterocycles. The zero-order valence-corrected chi connectivity index (χ0v) is 28.2. The summed E-state index contributed by atoms with van der Waals surface area (Å²) in [6.45, 7) is 11.0. The van der Waals surface area contributed by atoms with E-state index in [0.717, 1.165) is 24.8 Å². The Balaban J connectivity index is 2.48. The van der Waals surface area contributed by atoms with Crippen LogP contribution < -0.4 is 31.9 Å². The third-order valence-corrected chi connectivity index (χ3v) is 7.74. The second-order valence-corrected chi connectivity index (χ2v) is 13.0. The second-order valence-electron chi connectivity index (χ2n) is 13.0. The third kappa shape index (κ3) is 13.6. The molecule has 1 heterocycles. The van der Waals surface area contributed by atoms with E-state index < -0.39 is 59.7 Å². The van der Waals surface area contributed by atoms with Crippen LogP contribution in [0.2, 0.25) is 0 Å². The van der Waals surface area contributed by atoms with Crippen LogP contribution in [0, 0.1) is 11.8 Å². The molecule has 1 aliphatic heterocycles. The van der Waals surface area contributed by atoms with Gasteiger partial charge in [-0.15, -0.1) is 0 Å². The van der Waals surface area contributed by atoms with Crippen molar-refractivity contribution in [2.24, 2.45) is 11.8 Å². The maximum absolute atomic E-state index is 13.7. The Hall–Kier alpha value is -3.96. The minimum absolute atomic E-state index is 0.0176. The fraction of sp³-hybridized carbons (Fsp3) is 0.647. The first-order chi connectivity index (χ1) is 21.8. The molecular weight excluding hydrogens is 588 g/mol. The predicted octanol–water partition coefficient (Wildman–Crippen LogP) is 1.87. The van der Waals surface area contributed by atoms with E-state index in [2.05, 4.69) is 38.8 Å². The summed E-state index contributed by atoms with van der Waals surface area (Å²) in [6.07, 6.45) is 4.44. The zero-order valence-electron chi connectivity index (χ0n) is 28.2. The maximum atomic E-state index is 13.7. The van der Waals surface area contributed by atoms with Crippen molar-refractivity contribution in [1.29, 1.82) is 0 Å². The van der Waals surface area contributed by atoms with Crippen molar-refractivity contribution in [3.8, 4) is 0 Å². The summed E-state index contributed by atoms with van der Waals surface area (Å²) in [5, 5.41) is 16.4. The molecule has 46 heavy (non-hydrogen) atoms. The summed E-state index contributed by atoms with van der Waals surface area (Å²) in [5.41, 5.74) is 0.772. The van der Waals surface area contributed by atoms with Gasteiger partial charge in [0.25, 0.3) is 0 Å². The molecule has 0 spiro atoms. The predicted molar refractivity (Wildman–Crippen MR) is 176 cm³/mol. The minimum Gasteiger partial charge on any atom is -0.352 e. The summed E-state index contributed by atoms with van der Waals surface area (Å²) in [7, 11) is 0. The first-order valence-electron chi connectivity index (χ1n) is 16.6. The van der Waals surface area contributed by atoms with E-state index in [-0.39, 0.29) is 43.6 Å². The highest BCUT2D eigenvalue weighted by Gasteiger charge is 2.33. The number of hydrogen-bond donors (Lipinski definition) is 6. The van der Waals surface area contributed by atoms with Crippen molar-refractivity contribution < 1.29 is 28.8 Å². The molecule has 1 aromatic rings. The van der Waals surface area contributed by atoms with Gasteiger partial charge >= 0.3 is 0 Å². The number of benzene rings is 1. The normalized spacial score (nSPS) is 23.7. The molecule has 0 aromatic heterocycles. The highest BCUT2D eigenvalue weighted by atomic mass is 16.2. The lowest BCUT2D eigenvalue weighted by Crippen LogP contribution is -2.61. The molecule has 2 rings (SSSR count). The van der Waals surface area contributed by atoms with E-state index in [9.17, 15) is 28.8 Å². The molecule has 256 valence electrons. The van der Waals surface area contributed by atoms with Crippen LogP contribution in [0.15, 0.2) is 30.3 Å². The van der Waals surface area contributed by atoms with Crippen LogP contribution in [-0.4, -0.2) is 72.2 Å². The zero-order chi connectivity index (χ0) is 34.2. The Kier molecular flexibility index (Phi) is 16.2. The molecule has 0 unspecified atom stereocenters. The average Bonchev–Trinajstić information content (AvgIpc) is 2.99. The van der Waals surface area contributed by atoms with Crippen molar-refractivity contribution in [1.82, 2.24) is 31.9 Å². The molecular formula is C34H54N6O6. The lowest BCUT2D eigenvalue weighted by molar-refractivity contribution is -0.136. The van der Waals surface area contributed by atoms with Crippen LogP contribution in [0.25, 0.3) is 0 Å². The number of carbonyl (C=O) groups is 6. The van der Waals surface area contributed by atoms with Crippen molar-refractivity contribution in [3.63, 3.8) is 0 Å². The number of nitrogens with one attached hydrogen (secondary N) is 6. The second kappa shape index (κ2) is 19.5. The number of unbranched alkanes of at least 4 members (excludes halogenated alkanes) is 3. The molecule has 6 amide bonds. The number of carbonyl (C=O) groups excluding carboxylic acids is 6. The number of hydrogen-bond acceptors (Lipinski definition) is 6. The standard InChI is InChI=1S/C34H54N6O6/c1-7-8-9-13-16-29(41)37-28-20-35-31(43)25(17-21(2)3)38-30(42)23(6)36-32(44)26(18-22(4)5)39-33(45)27(40-34(28)46)19-24-14-11-10-12-15-24/h10-12,14-15,21-23,25-28H,7-9,13,16-20H2,1-6H3,(H,35,43)(H,36,44)(H,37,41)(H,38,42)(H,39,45)(H,40,46)/t23-,25+,26-,27+,28+/m0/s1. The molecule has 1 fully saturated rings. The lowest BCUT2D eigenvalue weighted by atomic mass is 10.00. The Morgan fingerprint density at radius 3 is 1.91 bits per heavy atom. The first-order valence-corrected chi connectivity index (χ1v) is 16.6. The highest BCUT2D eigenvalue weighted by Crippen LogP contribution is 2.10. The molecule has 12 heteroatoms. The summed E-state index contributed by atoms with van der Waals surface area (Å²) in [5.74, 6) is -3.19. The Labute approximate surface area is 273 Å². The Morgan fingerprint density at radius 1 is 0.739 bits per heavy atom. The van der Waals surface area contributed by atoms with Gasteiger partial charge in [0.15, 0.2) is 0 Å². The van der Waals surface area contributed by atoms with Gasteiger partial charge in [-0.1, -0.05) is 84.2 Å². The van der Waals surface area contributed by atoms with Crippen molar-refractivity contribution in [3.05, 3.63) is 35.9 Å². The Bertz CT molecular complexity index is 1170. The van der Waals surface area contributed by atoms with Gasteiger partial charge in [-0.05, 0) is 43.6 Å². The first kappa shape index (κ1) is 38.2. The quantitative estimate of drug-likeness (QED) is 0.190. The smallest absolute Gasteiger partial charge is 0.245 e. The molecule has 1 aliphatic rings. The van der Waals surface area contributed by atoms with Gasteiger partial charge in [0, 0.05) is 19.4 Å². The van der Waals surface area contributed by atoms with Crippen LogP contribution in [0.4, 0.5) is 0 Å². The van der Waals surface area contributed by atoms with Crippen LogP contribution in [0.1, 0.15) is 92.1 Å². The molecule has 0 radical (unpaired) electrons. The van der Waals surface area contributed by atoms with E-state index in [1.165, 1.54) is 6.92 Å². The SMILES string of the molecule is CCCCCCC(=O)N[C@@H]1CNC(=O)[C@@H](CC(C)C)NC(=O)[C@H](C)NC(=O)[C@H](CC(C)C)NC(=O)[C@@H](Cc2ccccc2)NC1=O. The van der Waals surface area contributed by atoms with E-state index in [4.69, 9.17) is 0 Å². The maximum Gasteiger partial charge on any atom is 0.245 e. The van der Waals surface area contributed by atoms with E-state index >= 15 is 0 Å². The molecule has 1 aromatic carbocycles. The van der Waals surface area contributed by atoms with Gasteiger partial charge < -0.3 is 31.9 Å². The average molecular weight is 643 g/mol. The van der Waals surface area contributed by atoms with Crippen LogP contribution in [0.3, 0.4) is 0 Å². The van der Waals surface area contributed by atoms with Crippen LogP contribution >= 0.6 is 0 Å². The summed E-state index contributed by atoms with van der Waals surface area (Å²) < 4.78 is 0. The Morgan fingerprint density at radius 2 is 1.30 bits per heavy atom. The van der Waals surface area contributed by atoms with Gasteiger partial charge in [0.1, 0.15) is 30.2 Å². The number of amides is 6. The topological polar surface area (TPSA) is 175 Å². The molecule has 0 aliphatic carbocycles. The summed E-state index contributed by atoms with van der Waals surface area (Å²) in [4.78, 5) is 80.2. The molecule has 5 atom stereocenters. The third-order valence-electron chi connectivity index (χ3n) is 7.74. The summed E-state index contributed by atoms with van der Waals surface area (Å²) >= 11 is 0. The molecule has 0 saturated carbocycles. The highest BCUT2D eigenvalue weighted by molar-refractivity contribution is 5.97. The largest absolute Gasteiger partial charge is 0.352 e. The van der Waals surface area contributed by atoms with Gasteiger partial charge in [-0.2, -0.15) is 0 Å². The molecule has 6 N–H and O–H groups in total. The van der Waals surface area contributed by atoms with Gasteiger partial charge in [0.2, 0.25) is 35.4 Å². The lowest BCUT2D eigenvalue weighted by Gasteiger charge is -2.28. The van der Waals surface area contributed by atoms with Gasteiger partial charge in [0.05, 0.1) is 0 Å². The number of rotatable bonds is 12. The van der Waals surface area contributed by atoms with Crippen molar-refractivity contribution >= 4 is 35.4 Å². The van der Waals surface area contributed by atoms with E-state index in [1.807, 2.05) is 58.0 Å². The van der Waals surface area contributed by atoms with Crippen LogP contribution in [0.5, 0.6) is 0 Å². The van der Waals surface area contributed by atoms with E-state index in [0.29, 0.717) is 12.8 Å². The van der Waals surface area contributed by atoms with Gasteiger partial charge in [-0.25, -0.2) is 0 Å². The minimum atomic E-state index is -1.19. The van der Waals surface area contributed by atoms with Crippen molar-refractivity contribution in [2.75, 3.05) is 6.54 Å².